The summed E-state index contributed by atoms with van der Waals surface area (Å²) >= 11 is 0. The fourth-order valence-electron chi connectivity index (χ4n) is 4.53. The lowest BCUT2D eigenvalue weighted by Crippen LogP contribution is -2.41. The molecule has 2 aromatic rings. The van der Waals surface area contributed by atoms with E-state index in [4.69, 9.17) is 33.2 Å². The Kier molecular flexibility index (Phi) is 14.0. The molecule has 0 fully saturated rings. The second kappa shape index (κ2) is 17.4. The Bertz CT molecular complexity index is 965. The standard InChI is InChI=1S/C32H44O8/c1-4-19-36-20-21-37-22-23-38-24-25-39-26-30(33)40-32(27-11-7-5-8-12-27,28-13-9-6-10-14-28)29-15-17-31(34-2,35-3)18-16-29/h5-17,30,33H,4,18-26H2,1-3H3. The van der Waals surface area contributed by atoms with E-state index in [9.17, 15) is 5.11 Å². The first-order valence-electron chi connectivity index (χ1n) is 13.9. The maximum atomic E-state index is 11.1. The highest BCUT2D eigenvalue weighted by molar-refractivity contribution is 5.51. The van der Waals surface area contributed by atoms with Gasteiger partial charge in [-0.3, -0.25) is 0 Å². The summed E-state index contributed by atoms with van der Waals surface area (Å²) in [6.07, 6.45) is 6.13. The van der Waals surface area contributed by atoms with Crippen LogP contribution in [0, 0.1) is 0 Å². The van der Waals surface area contributed by atoms with Gasteiger partial charge >= 0.3 is 0 Å². The van der Waals surface area contributed by atoms with Crippen LogP contribution in [0.15, 0.2) is 84.5 Å². The molecule has 3 rings (SSSR count). The van der Waals surface area contributed by atoms with Crippen LogP contribution in [0.5, 0.6) is 0 Å². The Morgan fingerprint density at radius 2 is 1.25 bits per heavy atom. The molecule has 0 saturated heterocycles. The zero-order chi connectivity index (χ0) is 28.5. The van der Waals surface area contributed by atoms with Crippen LogP contribution in [-0.2, 0) is 38.8 Å². The van der Waals surface area contributed by atoms with E-state index in [1.807, 2.05) is 78.9 Å². The van der Waals surface area contributed by atoms with Gasteiger partial charge in [0.15, 0.2) is 12.1 Å². The van der Waals surface area contributed by atoms with Gasteiger partial charge in [0.2, 0.25) is 0 Å². The van der Waals surface area contributed by atoms with Gasteiger partial charge in [0.05, 0.1) is 46.2 Å². The lowest BCUT2D eigenvalue weighted by Gasteiger charge is -2.40. The lowest BCUT2D eigenvalue weighted by atomic mass is 9.77. The van der Waals surface area contributed by atoms with Gasteiger partial charge in [-0.05, 0) is 29.2 Å². The van der Waals surface area contributed by atoms with E-state index in [0.717, 1.165) is 29.7 Å². The molecular weight excluding hydrogens is 512 g/mol. The lowest BCUT2D eigenvalue weighted by molar-refractivity contribution is -0.189. The van der Waals surface area contributed by atoms with Gasteiger partial charge in [0, 0.05) is 27.2 Å². The molecule has 2 aromatic carbocycles. The molecule has 1 aliphatic rings. The fraction of sp³-hybridized carbons (Fsp3) is 0.500. The molecule has 8 nitrogen and oxygen atoms in total. The molecular formula is C32H44O8. The van der Waals surface area contributed by atoms with Crippen molar-refractivity contribution in [1.29, 1.82) is 0 Å². The largest absolute Gasteiger partial charge is 0.379 e. The number of rotatable bonds is 20. The molecule has 1 aliphatic carbocycles. The minimum atomic E-state index is -1.21. The monoisotopic (exact) mass is 556 g/mol. The van der Waals surface area contributed by atoms with Crippen molar-refractivity contribution >= 4 is 0 Å². The van der Waals surface area contributed by atoms with E-state index in [0.29, 0.717) is 46.1 Å². The molecule has 0 bridgehead atoms. The Balaban J connectivity index is 1.64. The van der Waals surface area contributed by atoms with Crippen molar-refractivity contribution in [2.75, 3.05) is 67.1 Å². The number of hydrogen-bond acceptors (Lipinski definition) is 8. The molecule has 1 atom stereocenters. The Labute approximate surface area is 238 Å². The van der Waals surface area contributed by atoms with Crippen molar-refractivity contribution in [1.82, 2.24) is 0 Å². The average Bonchev–Trinajstić information content (AvgIpc) is 3.01. The number of methoxy groups -OCH3 is 2. The van der Waals surface area contributed by atoms with Crippen molar-refractivity contribution in [2.24, 2.45) is 0 Å². The zero-order valence-corrected chi connectivity index (χ0v) is 24.0. The van der Waals surface area contributed by atoms with Crippen molar-refractivity contribution in [3.05, 3.63) is 95.6 Å². The highest BCUT2D eigenvalue weighted by atomic mass is 16.7. The highest BCUT2D eigenvalue weighted by Crippen LogP contribution is 2.44. The number of benzene rings is 2. The van der Waals surface area contributed by atoms with Crippen LogP contribution >= 0.6 is 0 Å². The van der Waals surface area contributed by atoms with Gasteiger partial charge in [0.25, 0.3) is 0 Å². The van der Waals surface area contributed by atoms with Gasteiger partial charge in [-0.2, -0.15) is 0 Å². The van der Waals surface area contributed by atoms with Gasteiger partial charge in [0.1, 0.15) is 5.60 Å². The van der Waals surface area contributed by atoms with Crippen LogP contribution in [0.25, 0.3) is 0 Å². The van der Waals surface area contributed by atoms with E-state index in [2.05, 4.69) is 6.92 Å². The van der Waals surface area contributed by atoms with Crippen LogP contribution < -0.4 is 0 Å². The normalized spacial score (nSPS) is 15.7. The summed E-state index contributed by atoms with van der Waals surface area (Å²) in [7, 11) is 3.23. The number of ether oxygens (including phenoxy) is 7. The minimum Gasteiger partial charge on any atom is -0.379 e. The topological polar surface area (TPSA) is 84.8 Å². The van der Waals surface area contributed by atoms with Crippen LogP contribution in [0.4, 0.5) is 0 Å². The first kappa shape index (κ1) is 32.1. The molecule has 0 amide bonds. The second-order valence-electron chi connectivity index (χ2n) is 9.31. The van der Waals surface area contributed by atoms with E-state index in [-0.39, 0.29) is 6.61 Å². The summed E-state index contributed by atoms with van der Waals surface area (Å²) in [6, 6.07) is 19.7. The van der Waals surface area contributed by atoms with Gasteiger partial charge in [-0.15, -0.1) is 0 Å². The smallest absolute Gasteiger partial charge is 0.190 e. The average molecular weight is 557 g/mol. The molecule has 0 aliphatic heterocycles. The van der Waals surface area contributed by atoms with Gasteiger partial charge in [-0.25, -0.2) is 0 Å². The first-order valence-corrected chi connectivity index (χ1v) is 13.9. The van der Waals surface area contributed by atoms with E-state index in [1.165, 1.54) is 0 Å². The summed E-state index contributed by atoms with van der Waals surface area (Å²) in [4.78, 5) is 0. The molecule has 40 heavy (non-hydrogen) atoms. The molecule has 1 unspecified atom stereocenters. The predicted octanol–water partition coefficient (Wildman–Crippen LogP) is 4.62. The third kappa shape index (κ3) is 9.06. The van der Waals surface area contributed by atoms with E-state index >= 15 is 0 Å². The van der Waals surface area contributed by atoms with Gasteiger partial charge < -0.3 is 38.3 Å². The van der Waals surface area contributed by atoms with Crippen molar-refractivity contribution in [3.63, 3.8) is 0 Å². The molecule has 0 aromatic heterocycles. The maximum Gasteiger partial charge on any atom is 0.190 e. The number of aliphatic hydroxyl groups is 1. The molecule has 0 spiro atoms. The summed E-state index contributed by atoms with van der Waals surface area (Å²) in [5.41, 5.74) is 1.52. The predicted molar refractivity (Wildman–Crippen MR) is 153 cm³/mol. The van der Waals surface area contributed by atoms with Crippen LogP contribution in [0.2, 0.25) is 0 Å². The molecule has 220 valence electrons. The van der Waals surface area contributed by atoms with Crippen molar-refractivity contribution < 1.29 is 38.3 Å². The summed E-state index contributed by atoms with van der Waals surface area (Å²) in [5, 5.41) is 11.1. The maximum absolute atomic E-state index is 11.1. The SMILES string of the molecule is CCCOCCOCCOCCOCC(O)OC(C1=CCC(OC)(OC)C=C1)(c1ccccc1)c1ccccc1. The van der Waals surface area contributed by atoms with Crippen LogP contribution in [-0.4, -0.2) is 84.3 Å². The molecule has 0 saturated carbocycles. The van der Waals surface area contributed by atoms with Crippen LogP contribution in [0.1, 0.15) is 30.9 Å². The molecule has 0 heterocycles. The number of aliphatic hydroxyl groups excluding tert-OH is 1. The summed E-state index contributed by atoms with van der Waals surface area (Å²) in [6.45, 7) is 5.61. The third-order valence-electron chi connectivity index (χ3n) is 6.62. The molecule has 8 heteroatoms. The van der Waals surface area contributed by atoms with E-state index in [1.54, 1.807) is 14.2 Å². The van der Waals surface area contributed by atoms with Crippen LogP contribution in [0.3, 0.4) is 0 Å². The summed E-state index contributed by atoms with van der Waals surface area (Å²) < 4.78 is 39.9. The Morgan fingerprint density at radius 1 is 0.750 bits per heavy atom. The van der Waals surface area contributed by atoms with Crippen molar-refractivity contribution in [3.8, 4) is 0 Å². The zero-order valence-electron chi connectivity index (χ0n) is 24.0. The third-order valence-corrected chi connectivity index (χ3v) is 6.62. The minimum absolute atomic E-state index is 0.0207. The van der Waals surface area contributed by atoms with Gasteiger partial charge in [-0.1, -0.05) is 79.7 Å². The highest BCUT2D eigenvalue weighted by Gasteiger charge is 2.42. The van der Waals surface area contributed by atoms with Crippen molar-refractivity contribution in [2.45, 2.75) is 37.4 Å². The molecule has 1 N–H and O–H groups in total. The Morgan fingerprint density at radius 3 is 1.70 bits per heavy atom. The Hall–Kier alpha value is -2.40. The molecule has 0 radical (unpaired) electrons. The second-order valence-corrected chi connectivity index (χ2v) is 9.31. The summed E-state index contributed by atoms with van der Waals surface area (Å²) in [5.74, 6) is -0.849. The first-order chi connectivity index (χ1) is 19.6. The number of hydrogen-bond donors (Lipinski definition) is 1. The quantitative estimate of drug-likeness (QED) is 0.187. The van der Waals surface area contributed by atoms with E-state index < -0.39 is 17.7 Å². The fourth-order valence-corrected chi connectivity index (χ4v) is 4.53.